The molecule has 1 rings (SSSR count). The van der Waals surface area contributed by atoms with Gasteiger partial charge in [-0.1, -0.05) is 13.8 Å². The third-order valence-electron chi connectivity index (χ3n) is 3.55. The molecule has 0 aliphatic heterocycles. The van der Waals surface area contributed by atoms with E-state index < -0.39 is 0 Å². The molecular weight excluding hydrogens is 218 g/mol. The van der Waals surface area contributed by atoms with Gasteiger partial charge >= 0.3 is 0 Å². The van der Waals surface area contributed by atoms with Gasteiger partial charge in [-0.25, -0.2) is 0 Å². The van der Waals surface area contributed by atoms with Crippen molar-refractivity contribution >= 4 is 17.1 Å². The van der Waals surface area contributed by atoms with Gasteiger partial charge in [0, 0.05) is 10.4 Å². The van der Waals surface area contributed by atoms with Crippen LogP contribution in [0.4, 0.5) is 0 Å². The smallest absolute Gasteiger partial charge is 0.184 e. The van der Waals surface area contributed by atoms with E-state index in [0.717, 1.165) is 23.3 Å². The van der Waals surface area contributed by atoms with Gasteiger partial charge in [-0.15, -0.1) is 11.3 Å². The van der Waals surface area contributed by atoms with E-state index in [4.69, 9.17) is 0 Å². The van der Waals surface area contributed by atoms with Crippen LogP contribution in [0.2, 0.25) is 0 Å². The van der Waals surface area contributed by atoms with Gasteiger partial charge < -0.3 is 0 Å². The van der Waals surface area contributed by atoms with Crippen LogP contribution in [0, 0.1) is 6.92 Å². The molecular formula is C13H21NOS. The molecule has 90 valence electrons. The molecule has 0 N–H and O–H groups in total. The van der Waals surface area contributed by atoms with Crippen molar-refractivity contribution in [2.45, 2.75) is 39.2 Å². The number of carbonyl (C=O) groups is 1. The van der Waals surface area contributed by atoms with E-state index in [1.54, 1.807) is 11.3 Å². The van der Waals surface area contributed by atoms with E-state index in [0.29, 0.717) is 0 Å². The van der Waals surface area contributed by atoms with E-state index >= 15 is 0 Å². The molecule has 16 heavy (non-hydrogen) atoms. The highest BCUT2D eigenvalue weighted by Gasteiger charge is 2.38. The molecule has 0 aliphatic carbocycles. The number of carbonyl (C=O) groups excluding carboxylic acids is 1. The predicted octanol–water partition coefficient (Wildman–Crippen LogP) is 3.36. The number of thiophene rings is 1. The standard InChI is InChI=1S/C13H21NOS/c1-6-13(7-2,14(4)5)12(15)11-8-9-16-10(11)3/h8-9H,6-7H2,1-5H3. The number of aryl methyl sites for hydroxylation is 1. The lowest BCUT2D eigenvalue weighted by Crippen LogP contribution is -2.50. The number of rotatable bonds is 5. The van der Waals surface area contributed by atoms with Crippen LogP contribution in [-0.2, 0) is 0 Å². The van der Waals surface area contributed by atoms with Crippen LogP contribution in [0.5, 0.6) is 0 Å². The Morgan fingerprint density at radius 2 is 1.94 bits per heavy atom. The van der Waals surface area contributed by atoms with Gasteiger partial charge in [0.25, 0.3) is 0 Å². The van der Waals surface area contributed by atoms with Crippen molar-refractivity contribution < 1.29 is 4.79 Å². The van der Waals surface area contributed by atoms with Gasteiger partial charge in [-0.05, 0) is 45.3 Å². The SMILES string of the molecule is CCC(CC)(C(=O)c1ccsc1C)N(C)C. The summed E-state index contributed by atoms with van der Waals surface area (Å²) in [6.45, 7) is 6.19. The summed E-state index contributed by atoms with van der Waals surface area (Å²) in [7, 11) is 3.99. The summed E-state index contributed by atoms with van der Waals surface area (Å²) in [6, 6.07) is 1.95. The summed E-state index contributed by atoms with van der Waals surface area (Å²) < 4.78 is 0. The highest BCUT2D eigenvalue weighted by atomic mass is 32.1. The fourth-order valence-corrected chi connectivity index (χ4v) is 2.97. The fraction of sp³-hybridized carbons (Fsp3) is 0.615. The molecule has 3 heteroatoms. The number of hydrogen-bond acceptors (Lipinski definition) is 3. The van der Waals surface area contributed by atoms with Crippen molar-refractivity contribution in [3.8, 4) is 0 Å². The molecule has 0 saturated carbocycles. The van der Waals surface area contributed by atoms with Gasteiger partial charge in [0.2, 0.25) is 0 Å². The monoisotopic (exact) mass is 239 g/mol. The second-order valence-corrected chi connectivity index (χ2v) is 5.47. The third kappa shape index (κ3) is 2.06. The molecule has 0 aliphatic rings. The van der Waals surface area contributed by atoms with Crippen LogP contribution in [0.1, 0.15) is 41.9 Å². The zero-order chi connectivity index (χ0) is 12.3. The minimum Gasteiger partial charge on any atom is -0.297 e. The molecule has 0 spiro atoms. The fourth-order valence-electron chi connectivity index (χ4n) is 2.28. The first-order valence-corrected chi connectivity index (χ1v) is 6.63. The summed E-state index contributed by atoms with van der Waals surface area (Å²) in [5, 5.41) is 1.99. The molecule has 0 atom stereocenters. The van der Waals surface area contributed by atoms with Crippen molar-refractivity contribution in [1.29, 1.82) is 0 Å². The second-order valence-electron chi connectivity index (χ2n) is 4.35. The number of nitrogens with zero attached hydrogens (tertiary/aromatic N) is 1. The average Bonchev–Trinajstić information content (AvgIpc) is 2.66. The van der Waals surface area contributed by atoms with Crippen LogP contribution < -0.4 is 0 Å². The van der Waals surface area contributed by atoms with Gasteiger partial charge in [0.15, 0.2) is 5.78 Å². The third-order valence-corrected chi connectivity index (χ3v) is 4.40. The summed E-state index contributed by atoms with van der Waals surface area (Å²) >= 11 is 1.64. The quantitative estimate of drug-likeness (QED) is 0.734. The van der Waals surface area contributed by atoms with Gasteiger partial charge in [-0.3, -0.25) is 9.69 Å². The molecule has 1 heterocycles. The number of hydrogen-bond donors (Lipinski definition) is 0. The molecule has 0 bridgehead atoms. The van der Waals surface area contributed by atoms with Crippen molar-refractivity contribution in [2.24, 2.45) is 0 Å². The minimum absolute atomic E-state index is 0.265. The van der Waals surface area contributed by atoms with Gasteiger partial charge in [0.1, 0.15) is 0 Å². The molecule has 2 nitrogen and oxygen atoms in total. The zero-order valence-electron chi connectivity index (χ0n) is 10.8. The largest absolute Gasteiger partial charge is 0.297 e. The van der Waals surface area contributed by atoms with Crippen molar-refractivity contribution in [2.75, 3.05) is 14.1 Å². The number of ketones is 1. The average molecular weight is 239 g/mol. The van der Waals surface area contributed by atoms with E-state index in [1.165, 1.54) is 0 Å². The Bertz CT molecular complexity index is 364. The van der Waals surface area contributed by atoms with Crippen LogP contribution in [-0.4, -0.2) is 30.3 Å². The van der Waals surface area contributed by atoms with Crippen LogP contribution in [0.25, 0.3) is 0 Å². The maximum Gasteiger partial charge on any atom is 0.184 e. The first kappa shape index (κ1) is 13.4. The summed E-state index contributed by atoms with van der Waals surface area (Å²) in [5.74, 6) is 0.265. The van der Waals surface area contributed by atoms with E-state index in [2.05, 4.69) is 18.7 Å². The van der Waals surface area contributed by atoms with Gasteiger partial charge in [0.05, 0.1) is 5.54 Å². The Balaban J connectivity index is 3.15. The molecule has 0 unspecified atom stereocenters. The van der Waals surface area contributed by atoms with E-state index in [-0.39, 0.29) is 11.3 Å². The highest BCUT2D eigenvalue weighted by molar-refractivity contribution is 7.10. The lowest BCUT2D eigenvalue weighted by molar-refractivity contribution is 0.0656. The molecule has 1 aromatic rings. The Morgan fingerprint density at radius 1 is 1.38 bits per heavy atom. The first-order valence-electron chi connectivity index (χ1n) is 5.76. The van der Waals surface area contributed by atoms with Crippen LogP contribution >= 0.6 is 11.3 Å². The zero-order valence-corrected chi connectivity index (χ0v) is 11.6. The number of likely N-dealkylation sites (N-methyl/N-ethyl adjacent to an activating group) is 1. The normalized spacial score (nSPS) is 12.1. The lowest BCUT2D eigenvalue weighted by Gasteiger charge is -2.37. The maximum atomic E-state index is 12.6. The lowest BCUT2D eigenvalue weighted by atomic mass is 9.83. The molecule has 0 radical (unpaired) electrons. The Morgan fingerprint density at radius 3 is 2.25 bits per heavy atom. The number of Topliss-reactive ketones (excluding diaryl/α,β-unsaturated/α-hetero) is 1. The minimum atomic E-state index is -0.341. The van der Waals surface area contributed by atoms with Crippen molar-refractivity contribution in [3.63, 3.8) is 0 Å². The van der Waals surface area contributed by atoms with Crippen molar-refractivity contribution in [1.82, 2.24) is 4.90 Å². The summed E-state index contributed by atoms with van der Waals surface area (Å²) in [6.07, 6.45) is 1.70. The Kier molecular flexibility index (Phi) is 4.28. The van der Waals surface area contributed by atoms with Gasteiger partial charge in [-0.2, -0.15) is 0 Å². The highest BCUT2D eigenvalue weighted by Crippen LogP contribution is 2.29. The second kappa shape index (κ2) is 5.11. The van der Waals surface area contributed by atoms with Crippen molar-refractivity contribution in [3.05, 3.63) is 21.9 Å². The molecule has 1 aromatic heterocycles. The summed E-state index contributed by atoms with van der Waals surface area (Å²) in [5.41, 5.74) is 0.550. The van der Waals surface area contributed by atoms with Crippen LogP contribution in [0.3, 0.4) is 0 Å². The molecule has 0 aromatic carbocycles. The maximum absolute atomic E-state index is 12.6. The Hall–Kier alpha value is -0.670. The molecule has 0 fully saturated rings. The predicted molar refractivity (Wildman–Crippen MR) is 70.4 cm³/mol. The Labute approximate surface area is 102 Å². The topological polar surface area (TPSA) is 20.3 Å². The first-order chi connectivity index (χ1) is 7.49. The van der Waals surface area contributed by atoms with E-state index in [9.17, 15) is 4.79 Å². The molecule has 0 amide bonds. The van der Waals surface area contributed by atoms with E-state index in [1.807, 2.05) is 32.5 Å². The summed E-state index contributed by atoms with van der Waals surface area (Å²) in [4.78, 5) is 15.8. The van der Waals surface area contributed by atoms with Crippen LogP contribution in [0.15, 0.2) is 11.4 Å². The molecule has 0 saturated heterocycles.